The normalized spacial score (nSPS) is 10.3. The van der Waals surface area contributed by atoms with Crippen molar-refractivity contribution in [3.05, 3.63) is 83.9 Å². The lowest BCUT2D eigenvalue weighted by molar-refractivity contribution is 0.0949. The standard InChI is InChI=1S/C21H20FN3O2/c1-27-18-8-6-16(7-9-18)25-17-11-13-23-20(14-17)21(26)24-12-10-15-4-2-3-5-19(15)22/h2-9,11,13-14H,10,12H2,1H3,(H,23,25)(H,24,26). The summed E-state index contributed by atoms with van der Waals surface area (Å²) in [5.74, 6) is 0.200. The second kappa shape index (κ2) is 8.80. The molecule has 2 N–H and O–H groups in total. The zero-order valence-corrected chi connectivity index (χ0v) is 14.9. The quantitative estimate of drug-likeness (QED) is 0.666. The van der Waals surface area contributed by atoms with Gasteiger partial charge in [-0.15, -0.1) is 0 Å². The molecule has 3 aromatic rings. The summed E-state index contributed by atoms with van der Waals surface area (Å²) in [7, 11) is 1.61. The third-order valence-corrected chi connectivity index (χ3v) is 4.01. The number of rotatable bonds is 7. The van der Waals surface area contributed by atoms with Crippen molar-refractivity contribution in [3.63, 3.8) is 0 Å². The van der Waals surface area contributed by atoms with E-state index in [0.717, 1.165) is 17.1 Å². The Bertz CT molecular complexity index is 913. The van der Waals surface area contributed by atoms with Crippen LogP contribution in [-0.2, 0) is 6.42 Å². The van der Waals surface area contributed by atoms with Crippen LogP contribution in [0, 0.1) is 5.82 Å². The van der Waals surface area contributed by atoms with Crippen LogP contribution >= 0.6 is 0 Å². The van der Waals surface area contributed by atoms with E-state index in [1.54, 1.807) is 43.6 Å². The van der Waals surface area contributed by atoms with Crippen LogP contribution in [0.2, 0.25) is 0 Å². The second-order valence-corrected chi connectivity index (χ2v) is 5.88. The molecule has 2 aromatic carbocycles. The number of hydrogen-bond donors (Lipinski definition) is 2. The molecule has 0 radical (unpaired) electrons. The minimum atomic E-state index is -0.301. The number of anilines is 2. The van der Waals surface area contributed by atoms with Gasteiger partial charge in [0.15, 0.2) is 0 Å². The van der Waals surface area contributed by atoms with Crippen LogP contribution in [-0.4, -0.2) is 24.5 Å². The first kappa shape index (κ1) is 18.4. The van der Waals surface area contributed by atoms with Crippen molar-refractivity contribution < 1.29 is 13.9 Å². The molecule has 0 aliphatic carbocycles. The Morgan fingerprint density at radius 2 is 1.85 bits per heavy atom. The highest BCUT2D eigenvalue weighted by Gasteiger charge is 2.09. The van der Waals surface area contributed by atoms with E-state index in [4.69, 9.17) is 4.74 Å². The molecule has 0 spiro atoms. The summed E-state index contributed by atoms with van der Waals surface area (Å²) in [4.78, 5) is 16.4. The van der Waals surface area contributed by atoms with Gasteiger partial charge < -0.3 is 15.4 Å². The summed E-state index contributed by atoms with van der Waals surface area (Å²) in [6.45, 7) is 0.331. The van der Waals surface area contributed by atoms with Crippen molar-refractivity contribution in [2.75, 3.05) is 19.0 Å². The summed E-state index contributed by atoms with van der Waals surface area (Å²) in [6, 6.07) is 17.4. The van der Waals surface area contributed by atoms with Crippen LogP contribution in [0.4, 0.5) is 15.8 Å². The molecule has 0 saturated carbocycles. The lowest BCUT2D eigenvalue weighted by Gasteiger charge is -2.09. The van der Waals surface area contributed by atoms with Gasteiger partial charge in [-0.05, 0) is 54.4 Å². The Balaban J connectivity index is 1.58. The summed E-state index contributed by atoms with van der Waals surface area (Å²) in [5.41, 5.74) is 2.48. The monoisotopic (exact) mass is 365 g/mol. The highest BCUT2D eigenvalue weighted by molar-refractivity contribution is 5.93. The highest BCUT2D eigenvalue weighted by atomic mass is 19.1. The largest absolute Gasteiger partial charge is 0.497 e. The SMILES string of the molecule is COc1ccc(Nc2ccnc(C(=O)NCCc3ccccc3F)c2)cc1. The average Bonchev–Trinajstić information content (AvgIpc) is 2.70. The van der Waals surface area contributed by atoms with Crippen molar-refractivity contribution in [2.45, 2.75) is 6.42 Å². The molecule has 0 fully saturated rings. The van der Waals surface area contributed by atoms with E-state index in [1.165, 1.54) is 6.07 Å². The van der Waals surface area contributed by atoms with Crippen molar-refractivity contribution in [3.8, 4) is 5.75 Å². The Morgan fingerprint density at radius 1 is 1.07 bits per heavy atom. The molecule has 27 heavy (non-hydrogen) atoms. The Hall–Kier alpha value is -3.41. The fourth-order valence-electron chi connectivity index (χ4n) is 2.58. The third kappa shape index (κ3) is 5.04. The van der Waals surface area contributed by atoms with Gasteiger partial charge in [0.25, 0.3) is 5.91 Å². The van der Waals surface area contributed by atoms with Gasteiger partial charge in [0, 0.05) is 24.1 Å². The van der Waals surface area contributed by atoms with E-state index in [0.29, 0.717) is 24.2 Å². The van der Waals surface area contributed by atoms with Crippen LogP contribution in [0.3, 0.4) is 0 Å². The minimum absolute atomic E-state index is 0.268. The lowest BCUT2D eigenvalue weighted by Crippen LogP contribution is -2.26. The van der Waals surface area contributed by atoms with Crippen LogP contribution in [0.25, 0.3) is 0 Å². The van der Waals surface area contributed by atoms with Crippen molar-refractivity contribution >= 4 is 17.3 Å². The fraction of sp³-hybridized carbons (Fsp3) is 0.143. The van der Waals surface area contributed by atoms with Crippen LogP contribution in [0.15, 0.2) is 66.9 Å². The van der Waals surface area contributed by atoms with Crippen molar-refractivity contribution in [1.82, 2.24) is 10.3 Å². The minimum Gasteiger partial charge on any atom is -0.497 e. The molecule has 1 amide bonds. The van der Waals surface area contributed by atoms with Gasteiger partial charge in [0.1, 0.15) is 17.3 Å². The van der Waals surface area contributed by atoms with Crippen LogP contribution < -0.4 is 15.4 Å². The molecule has 0 aliphatic rings. The van der Waals surface area contributed by atoms with Gasteiger partial charge in [0.2, 0.25) is 0 Å². The summed E-state index contributed by atoms with van der Waals surface area (Å²) in [5, 5.41) is 5.98. The number of amides is 1. The third-order valence-electron chi connectivity index (χ3n) is 4.01. The summed E-state index contributed by atoms with van der Waals surface area (Å²) < 4.78 is 18.7. The number of halogens is 1. The number of pyridine rings is 1. The molecule has 0 atom stereocenters. The fourth-order valence-corrected chi connectivity index (χ4v) is 2.58. The molecule has 138 valence electrons. The smallest absolute Gasteiger partial charge is 0.269 e. The number of hydrogen-bond acceptors (Lipinski definition) is 4. The molecule has 6 heteroatoms. The molecular weight excluding hydrogens is 345 g/mol. The van der Waals surface area contributed by atoms with E-state index in [1.807, 2.05) is 24.3 Å². The van der Waals surface area contributed by atoms with E-state index < -0.39 is 0 Å². The maximum atomic E-state index is 13.6. The lowest BCUT2D eigenvalue weighted by atomic mass is 10.1. The van der Waals surface area contributed by atoms with E-state index in [9.17, 15) is 9.18 Å². The van der Waals surface area contributed by atoms with Gasteiger partial charge >= 0.3 is 0 Å². The Kier molecular flexibility index (Phi) is 5.99. The molecule has 0 unspecified atom stereocenters. The first-order valence-corrected chi connectivity index (χ1v) is 8.54. The van der Waals surface area contributed by atoms with Crippen LogP contribution in [0.1, 0.15) is 16.1 Å². The number of nitrogens with zero attached hydrogens (tertiary/aromatic N) is 1. The predicted molar refractivity (Wildman–Crippen MR) is 103 cm³/mol. The zero-order valence-electron chi connectivity index (χ0n) is 14.9. The zero-order chi connectivity index (χ0) is 19.1. The van der Waals surface area contributed by atoms with E-state index in [-0.39, 0.29) is 11.7 Å². The average molecular weight is 365 g/mol. The van der Waals surface area contributed by atoms with Crippen molar-refractivity contribution in [1.29, 1.82) is 0 Å². The van der Waals surface area contributed by atoms with Crippen molar-refractivity contribution in [2.24, 2.45) is 0 Å². The first-order valence-electron chi connectivity index (χ1n) is 8.54. The number of aromatic nitrogens is 1. The van der Waals surface area contributed by atoms with Gasteiger partial charge in [-0.1, -0.05) is 18.2 Å². The van der Waals surface area contributed by atoms with Gasteiger partial charge in [-0.3, -0.25) is 9.78 Å². The molecule has 1 heterocycles. The molecule has 3 rings (SSSR count). The molecule has 0 bridgehead atoms. The van der Waals surface area contributed by atoms with Gasteiger partial charge in [-0.25, -0.2) is 4.39 Å². The highest BCUT2D eigenvalue weighted by Crippen LogP contribution is 2.20. The number of benzene rings is 2. The number of ether oxygens (including phenoxy) is 1. The van der Waals surface area contributed by atoms with E-state index in [2.05, 4.69) is 15.6 Å². The topological polar surface area (TPSA) is 63.2 Å². The second-order valence-electron chi connectivity index (χ2n) is 5.88. The molecular formula is C21H20FN3O2. The predicted octanol–water partition coefficient (Wildman–Crippen LogP) is 3.95. The number of nitrogens with one attached hydrogen (secondary N) is 2. The number of carbonyl (C=O) groups excluding carboxylic acids is 1. The van der Waals surface area contributed by atoms with Gasteiger partial charge in [0.05, 0.1) is 7.11 Å². The summed E-state index contributed by atoms with van der Waals surface area (Å²) in [6.07, 6.45) is 1.99. The molecule has 5 nitrogen and oxygen atoms in total. The number of methoxy groups -OCH3 is 1. The maximum Gasteiger partial charge on any atom is 0.269 e. The first-order chi connectivity index (χ1) is 13.2. The van der Waals surface area contributed by atoms with Gasteiger partial charge in [-0.2, -0.15) is 0 Å². The van der Waals surface area contributed by atoms with E-state index >= 15 is 0 Å². The molecule has 0 aliphatic heterocycles. The summed E-state index contributed by atoms with van der Waals surface area (Å²) >= 11 is 0. The maximum absolute atomic E-state index is 13.6. The molecule has 0 saturated heterocycles. The van der Waals surface area contributed by atoms with Crippen LogP contribution in [0.5, 0.6) is 5.75 Å². The number of carbonyl (C=O) groups is 1. The Morgan fingerprint density at radius 3 is 2.59 bits per heavy atom. The Labute approximate surface area is 157 Å². The molecule has 1 aromatic heterocycles.